The van der Waals surface area contributed by atoms with Crippen LogP contribution in [0.25, 0.3) is 0 Å². The van der Waals surface area contributed by atoms with Gasteiger partial charge in [0.05, 0.1) is 6.61 Å². The maximum atomic E-state index is 11.1. The fraction of sp³-hybridized carbons (Fsp3) is 0.417. The highest BCUT2D eigenvalue weighted by Crippen LogP contribution is 2.22. The minimum atomic E-state index is -0.817. The first-order valence-electron chi connectivity index (χ1n) is 5.37. The molecular formula is C12H15NO3. The molecule has 4 heteroatoms. The molecule has 1 aliphatic heterocycles. The minimum Gasteiger partial charge on any atom is -0.480 e. The van der Waals surface area contributed by atoms with E-state index in [1.165, 1.54) is 0 Å². The number of carbonyl (C=O) groups is 1. The van der Waals surface area contributed by atoms with E-state index >= 15 is 0 Å². The highest BCUT2D eigenvalue weighted by molar-refractivity contribution is 5.74. The number of β-amino-alcohol motifs (C(OH)–C–C–N with tert-alkyl or cyclic N) is 1. The molecule has 0 bridgehead atoms. The van der Waals surface area contributed by atoms with E-state index in [9.17, 15) is 4.79 Å². The summed E-state index contributed by atoms with van der Waals surface area (Å²) in [7, 11) is 0. The van der Waals surface area contributed by atoms with E-state index in [0.717, 1.165) is 11.1 Å². The molecule has 2 rings (SSSR count). The highest BCUT2D eigenvalue weighted by Gasteiger charge is 2.30. The normalized spacial score (nSPS) is 20.4. The molecule has 0 radical (unpaired) electrons. The van der Waals surface area contributed by atoms with Gasteiger partial charge in [-0.05, 0) is 17.5 Å². The molecule has 0 aromatic heterocycles. The highest BCUT2D eigenvalue weighted by atomic mass is 16.4. The fourth-order valence-electron chi connectivity index (χ4n) is 2.18. The number of hydrogen-bond donors (Lipinski definition) is 2. The number of rotatable bonds is 3. The molecule has 1 unspecified atom stereocenters. The molecule has 2 N–H and O–H groups in total. The van der Waals surface area contributed by atoms with Gasteiger partial charge in [0.25, 0.3) is 0 Å². The summed E-state index contributed by atoms with van der Waals surface area (Å²) in [6.45, 7) is 1.00. The molecule has 0 amide bonds. The number of carboxylic acid groups (broad SMARTS) is 1. The van der Waals surface area contributed by atoms with Crippen LogP contribution in [0.4, 0.5) is 0 Å². The number of fused-ring (bicyclic) bond motifs is 1. The summed E-state index contributed by atoms with van der Waals surface area (Å²) in [6, 6.07) is 7.36. The Bertz CT molecular complexity index is 392. The number of nitrogens with zero attached hydrogens (tertiary/aromatic N) is 1. The second-order valence-corrected chi connectivity index (χ2v) is 4.02. The minimum absolute atomic E-state index is 0.00799. The second kappa shape index (κ2) is 4.63. The Balaban J connectivity index is 2.25. The zero-order valence-electron chi connectivity index (χ0n) is 8.97. The Morgan fingerprint density at radius 1 is 1.38 bits per heavy atom. The molecular weight excluding hydrogens is 206 g/mol. The standard InChI is InChI=1S/C12H15NO3/c14-6-5-13-8-10-4-2-1-3-9(10)7-11(13)12(15)16/h1-4,11,14H,5-8H2,(H,15,16). The molecule has 1 aromatic rings. The zero-order valence-corrected chi connectivity index (χ0v) is 8.97. The first-order chi connectivity index (χ1) is 7.72. The quantitative estimate of drug-likeness (QED) is 0.780. The Kier molecular flexibility index (Phi) is 3.22. The Morgan fingerprint density at radius 2 is 2.06 bits per heavy atom. The monoisotopic (exact) mass is 221 g/mol. The summed E-state index contributed by atoms with van der Waals surface area (Å²) >= 11 is 0. The van der Waals surface area contributed by atoms with Crippen molar-refractivity contribution in [2.45, 2.75) is 19.0 Å². The fourth-order valence-corrected chi connectivity index (χ4v) is 2.18. The number of benzene rings is 1. The molecule has 16 heavy (non-hydrogen) atoms. The lowest BCUT2D eigenvalue weighted by atomic mass is 9.94. The van der Waals surface area contributed by atoms with Crippen LogP contribution in [0, 0.1) is 0 Å². The van der Waals surface area contributed by atoms with Gasteiger partial charge in [-0.3, -0.25) is 9.69 Å². The van der Waals surface area contributed by atoms with Gasteiger partial charge >= 0.3 is 5.97 Å². The van der Waals surface area contributed by atoms with Crippen molar-refractivity contribution in [1.29, 1.82) is 0 Å². The lowest BCUT2D eigenvalue weighted by Gasteiger charge is -2.33. The maximum absolute atomic E-state index is 11.1. The van der Waals surface area contributed by atoms with Gasteiger partial charge in [0.15, 0.2) is 0 Å². The summed E-state index contributed by atoms with van der Waals surface area (Å²) in [5.74, 6) is -0.817. The molecule has 86 valence electrons. The first-order valence-corrected chi connectivity index (χ1v) is 5.37. The average Bonchev–Trinajstić information content (AvgIpc) is 2.28. The van der Waals surface area contributed by atoms with Crippen molar-refractivity contribution in [1.82, 2.24) is 4.90 Å². The number of aliphatic hydroxyl groups is 1. The Morgan fingerprint density at radius 3 is 2.69 bits per heavy atom. The lowest BCUT2D eigenvalue weighted by molar-refractivity contribution is -0.144. The molecule has 0 spiro atoms. The maximum Gasteiger partial charge on any atom is 0.321 e. The summed E-state index contributed by atoms with van der Waals surface area (Å²) in [5, 5.41) is 18.1. The number of carboxylic acids is 1. The predicted molar refractivity (Wildman–Crippen MR) is 59.1 cm³/mol. The van der Waals surface area contributed by atoms with Crippen molar-refractivity contribution in [3.63, 3.8) is 0 Å². The van der Waals surface area contributed by atoms with Crippen LogP contribution in [0.3, 0.4) is 0 Å². The molecule has 1 atom stereocenters. The van der Waals surface area contributed by atoms with Gasteiger partial charge in [-0.2, -0.15) is 0 Å². The zero-order chi connectivity index (χ0) is 11.5. The van der Waals surface area contributed by atoms with Crippen LogP contribution in [0.1, 0.15) is 11.1 Å². The van der Waals surface area contributed by atoms with Crippen molar-refractivity contribution in [2.75, 3.05) is 13.2 Å². The van der Waals surface area contributed by atoms with Gasteiger partial charge in [-0.15, -0.1) is 0 Å². The van der Waals surface area contributed by atoms with Gasteiger partial charge in [-0.1, -0.05) is 24.3 Å². The third-order valence-corrected chi connectivity index (χ3v) is 3.02. The van der Waals surface area contributed by atoms with E-state index in [4.69, 9.17) is 10.2 Å². The third-order valence-electron chi connectivity index (χ3n) is 3.02. The number of aliphatic hydroxyl groups excluding tert-OH is 1. The van der Waals surface area contributed by atoms with Gasteiger partial charge in [0.2, 0.25) is 0 Å². The van der Waals surface area contributed by atoms with Crippen molar-refractivity contribution in [3.05, 3.63) is 35.4 Å². The molecule has 1 aliphatic rings. The van der Waals surface area contributed by atoms with Crippen molar-refractivity contribution in [3.8, 4) is 0 Å². The van der Waals surface area contributed by atoms with Gasteiger partial charge < -0.3 is 10.2 Å². The van der Waals surface area contributed by atoms with Crippen molar-refractivity contribution >= 4 is 5.97 Å². The van der Waals surface area contributed by atoms with E-state index in [0.29, 0.717) is 19.5 Å². The van der Waals surface area contributed by atoms with E-state index in [2.05, 4.69) is 0 Å². The Hall–Kier alpha value is -1.39. The molecule has 1 heterocycles. The summed E-state index contributed by atoms with van der Waals surface area (Å²) < 4.78 is 0. The van der Waals surface area contributed by atoms with Crippen LogP contribution < -0.4 is 0 Å². The molecule has 0 fully saturated rings. The second-order valence-electron chi connectivity index (χ2n) is 4.02. The molecule has 0 saturated carbocycles. The van der Waals surface area contributed by atoms with Crippen LogP contribution >= 0.6 is 0 Å². The number of aliphatic carboxylic acids is 1. The largest absolute Gasteiger partial charge is 0.480 e. The summed E-state index contributed by atoms with van der Waals surface area (Å²) in [6.07, 6.45) is 0.519. The topological polar surface area (TPSA) is 60.8 Å². The van der Waals surface area contributed by atoms with Crippen molar-refractivity contribution in [2.24, 2.45) is 0 Å². The van der Waals surface area contributed by atoms with E-state index in [-0.39, 0.29) is 6.61 Å². The summed E-state index contributed by atoms with van der Waals surface area (Å²) in [5.41, 5.74) is 2.26. The van der Waals surface area contributed by atoms with Crippen LogP contribution in [-0.4, -0.2) is 40.3 Å². The van der Waals surface area contributed by atoms with E-state index < -0.39 is 12.0 Å². The van der Waals surface area contributed by atoms with Gasteiger partial charge in [-0.25, -0.2) is 0 Å². The van der Waals surface area contributed by atoms with E-state index in [1.807, 2.05) is 29.2 Å². The van der Waals surface area contributed by atoms with Gasteiger partial charge in [0.1, 0.15) is 6.04 Å². The van der Waals surface area contributed by atoms with Crippen LogP contribution in [0.2, 0.25) is 0 Å². The molecule has 1 aromatic carbocycles. The third kappa shape index (κ3) is 2.08. The number of hydrogen-bond acceptors (Lipinski definition) is 3. The summed E-state index contributed by atoms with van der Waals surface area (Å²) in [4.78, 5) is 12.9. The smallest absolute Gasteiger partial charge is 0.321 e. The average molecular weight is 221 g/mol. The van der Waals surface area contributed by atoms with Crippen LogP contribution in [0.15, 0.2) is 24.3 Å². The predicted octanol–water partition coefficient (Wildman–Crippen LogP) is 0.490. The van der Waals surface area contributed by atoms with Crippen molar-refractivity contribution < 1.29 is 15.0 Å². The molecule has 4 nitrogen and oxygen atoms in total. The lowest BCUT2D eigenvalue weighted by Crippen LogP contribution is -2.46. The van der Waals surface area contributed by atoms with E-state index in [1.54, 1.807) is 0 Å². The molecule has 0 aliphatic carbocycles. The van der Waals surface area contributed by atoms with Crippen LogP contribution in [0.5, 0.6) is 0 Å². The Labute approximate surface area is 94.1 Å². The molecule has 0 saturated heterocycles. The first kappa shape index (κ1) is 11.1. The van der Waals surface area contributed by atoms with Crippen LogP contribution in [-0.2, 0) is 17.8 Å². The SMILES string of the molecule is O=C(O)C1Cc2ccccc2CN1CCO. The van der Waals surface area contributed by atoms with Gasteiger partial charge in [0, 0.05) is 13.1 Å².